The molecule has 7 nitrogen and oxygen atoms in total. The smallest absolute Gasteiger partial charge is 0.291 e. The van der Waals surface area contributed by atoms with E-state index in [1.807, 2.05) is 0 Å². The first-order chi connectivity index (χ1) is 7.63. The van der Waals surface area contributed by atoms with Crippen LogP contribution in [0.25, 0.3) is 0 Å². The van der Waals surface area contributed by atoms with Crippen molar-refractivity contribution in [2.75, 3.05) is 18.1 Å². The molecule has 1 aromatic rings. The Labute approximate surface area is 90.8 Å². The quantitative estimate of drug-likeness (QED) is 0.545. The minimum absolute atomic E-state index is 0.107. The summed E-state index contributed by atoms with van der Waals surface area (Å²) >= 11 is 0. The van der Waals surface area contributed by atoms with Crippen LogP contribution in [-0.2, 0) is 4.79 Å². The van der Waals surface area contributed by atoms with Crippen LogP contribution in [0.3, 0.4) is 0 Å². The number of ether oxygens (including phenoxy) is 1. The van der Waals surface area contributed by atoms with Crippen molar-refractivity contribution in [3.05, 3.63) is 22.4 Å². The van der Waals surface area contributed by atoms with Crippen LogP contribution in [0.4, 0.5) is 11.5 Å². The van der Waals surface area contributed by atoms with Gasteiger partial charge in [0.15, 0.2) is 18.2 Å². The van der Waals surface area contributed by atoms with Crippen molar-refractivity contribution in [1.29, 1.82) is 0 Å². The molecule has 2 heterocycles. The van der Waals surface area contributed by atoms with Crippen LogP contribution >= 0.6 is 0 Å². The molecule has 0 saturated heterocycles. The lowest BCUT2D eigenvalue weighted by molar-refractivity contribution is -0.385. The summed E-state index contributed by atoms with van der Waals surface area (Å²) in [5, 5.41) is 10.5. The van der Waals surface area contributed by atoms with Crippen molar-refractivity contribution in [3.8, 4) is 5.75 Å². The van der Waals surface area contributed by atoms with Crippen LogP contribution < -0.4 is 9.64 Å². The number of pyridine rings is 1. The zero-order valence-electron chi connectivity index (χ0n) is 8.54. The first-order valence-corrected chi connectivity index (χ1v) is 4.71. The topological polar surface area (TPSA) is 85.6 Å². The van der Waals surface area contributed by atoms with E-state index in [9.17, 15) is 14.9 Å². The van der Waals surface area contributed by atoms with Gasteiger partial charge in [-0.05, 0) is 6.92 Å². The maximum atomic E-state index is 11.4. The van der Waals surface area contributed by atoms with Crippen molar-refractivity contribution in [2.45, 2.75) is 6.92 Å². The number of anilines is 1. The van der Waals surface area contributed by atoms with Crippen LogP contribution in [-0.4, -0.2) is 29.0 Å². The van der Waals surface area contributed by atoms with Gasteiger partial charge in [-0.3, -0.25) is 19.8 Å². The fourth-order valence-electron chi connectivity index (χ4n) is 1.50. The zero-order valence-corrected chi connectivity index (χ0v) is 8.54. The van der Waals surface area contributed by atoms with E-state index < -0.39 is 4.92 Å². The molecule has 0 aromatic carbocycles. The number of hydrogen-bond donors (Lipinski definition) is 0. The third kappa shape index (κ3) is 1.56. The second-order valence-corrected chi connectivity index (χ2v) is 3.20. The molecular weight excluding hydrogens is 214 g/mol. The van der Waals surface area contributed by atoms with Crippen LogP contribution in [0.1, 0.15) is 6.92 Å². The van der Waals surface area contributed by atoms with Gasteiger partial charge in [-0.2, -0.15) is 0 Å². The standard InChI is InChI=1S/C9H9N3O4/c1-2-11-8(13)5-16-7-3-6(12(14)15)4-10-9(7)11/h3-4H,2,5H2,1H3. The van der Waals surface area contributed by atoms with Crippen LogP contribution in [0, 0.1) is 10.1 Å². The molecular formula is C9H9N3O4. The van der Waals surface area contributed by atoms with E-state index in [0.717, 1.165) is 6.20 Å². The molecule has 0 unspecified atom stereocenters. The van der Waals surface area contributed by atoms with Crippen molar-refractivity contribution in [1.82, 2.24) is 4.98 Å². The Morgan fingerprint density at radius 3 is 3.06 bits per heavy atom. The van der Waals surface area contributed by atoms with Gasteiger partial charge in [0.05, 0.1) is 11.0 Å². The first-order valence-electron chi connectivity index (χ1n) is 4.71. The molecule has 0 radical (unpaired) electrons. The van der Waals surface area contributed by atoms with E-state index >= 15 is 0 Å². The highest BCUT2D eigenvalue weighted by Gasteiger charge is 2.27. The van der Waals surface area contributed by atoms with Crippen LogP contribution in [0.2, 0.25) is 0 Å². The van der Waals surface area contributed by atoms with Gasteiger partial charge < -0.3 is 4.74 Å². The lowest BCUT2D eigenvalue weighted by Gasteiger charge is -2.26. The lowest BCUT2D eigenvalue weighted by Crippen LogP contribution is -2.39. The summed E-state index contributed by atoms with van der Waals surface area (Å²) in [4.78, 5) is 26.7. The number of fused-ring (bicyclic) bond motifs is 1. The highest BCUT2D eigenvalue weighted by Crippen LogP contribution is 2.32. The van der Waals surface area contributed by atoms with E-state index in [1.165, 1.54) is 11.0 Å². The second kappa shape index (κ2) is 3.76. The van der Waals surface area contributed by atoms with Gasteiger partial charge in [0.1, 0.15) is 6.20 Å². The molecule has 1 aliphatic rings. The number of carbonyl (C=O) groups excluding carboxylic acids is 1. The Balaban J connectivity index is 2.46. The van der Waals surface area contributed by atoms with E-state index in [2.05, 4.69) is 4.98 Å². The van der Waals surface area contributed by atoms with Gasteiger partial charge in [-0.25, -0.2) is 4.98 Å². The molecule has 7 heteroatoms. The highest BCUT2D eigenvalue weighted by atomic mass is 16.6. The lowest BCUT2D eigenvalue weighted by atomic mass is 10.3. The summed E-state index contributed by atoms with van der Waals surface area (Å²) in [6.45, 7) is 2.15. The molecule has 0 bridgehead atoms. The van der Waals surface area contributed by atoms with E-state index in [4.69, 9.17) is 4.74 Å². The summed E-state index contributed by atoms with van der Waals surface area (Å²) < 4.78 is 5.10. The molecule has 0 saturated carbocycles. The molecule has 1 amide bonds. The maximum Gasteiger partial charge on any atom is 0.291 e. The minimum Gasteiger partial charge on any atom is -0.480 e. The van der Waals surface area contributed by atoms with Crippen molar-refractivity contribution in [3.63, 3.8) is 0 Å². The number of rotatable bonds is 2. The van der Waals surface area contributed by atoms with Crippen molar-refractivity contribution < 1.29 is 14.5 Å². The average Bonchev–Trinajstić information content (AvgIpc) is 2.28. The van der Waals surface area contributed by atoms with Gasteiger partial charge in [0.25, 0.3) is 11.6 Å². The molecule has 1 aromatic heterocycles. The zero-order chi connectivity index (χ0) is 11.7. The number of amides is 1. The van der Waals surface area contributed by atoms with Gasteiger partial charge >= 0.3 is 0 Å². The fraction of sp³-hybridized carbons (Fsp3) is 0.333. The molecule has 0 N–H and O–H groups in total. The molecule has 0 aliphatic carbocycles. The predicted octanol–water partition coefficient (Wildman–Crippen LogP) is 0.735. The van der Waals surface area contributed by atoms with Gasteiger partial charge in [-0.1, -0.05) is 0 Å². The first kappa shape index (κ1) is 10.3. The summed E-state index contributed by atoms with van der Waals surface area (Å²) in [5.74, 6) is 0.413. The van der Waals surface area contributed by atoms with Crippen LogP contribution in [0.15, 0.2) is 12.3 Å². The Kier molecular flexibility index (Phi) is 2.43. The Hall–Kier alpha value is -2.18. The monoisotopic (exact) mass is 223 g/mol. The number of aromatic nitrogens is 1. The molecule has 0 atom stereocenters. The molecule has 0 spiro atoms. The Morgan fingerprint density at radius 2 is 2.44 bits per heavy atom. The normalized spacial score (nSPS) is 14.3. The predicted molar refractivity (Wildman–Crippen MR) is 54.4 cm³/mol. The molecule has 0 fully saturated rings. The maximum absolute atomic E-state index is 11.4. The number of hydrogen-bond acceptors (Lipinski definition) is 5. The Morgan fingerprint density at radius 1 is 1.69 bits per heavy atom. The van der Waals surface area contributed by atoms with E-state index in [0.29, 0.717) is 12.4 Å². The summed E-state index contributed by atoms with van der Waals surface area (Å²) in [6, 6.07) is 1.28. The summed E-state index contributed by atoms with van der Waals surface area (Å²) in [7, 11) is 0. The van der Waals surface area contributed by atoms with Gasteiger partial charge in [0, 0.05) is 6.54 Å². The molecule has 1 aliphatic heterocycles. The minimum atomic E-state index is -0.552. The molecule has 84 valence electrons. The number of carbonyl (C=O) groups is 1. The van der Waals surface area contributed by atoms with Crippen molar-refractivity contribution in [2.24, 2.45) is 0 Å². The highest BCUT2D eigenvalue weighted by molar-refractivity contribution is 5.96. The van der Waals surface area contributed by atoms with Gasteiger partial charge in [-0.15, -0.1) is 0 Å². The third-order valence-electron chi connectivity index (χ3n) is 2.25. The SMILES string of the molecule is CCN1C(=O)COc2cc([N+](=O)[O-])cnc21. The number of likely N-dealkylation sites (N-methyl/N-ethyl adjacent to an activating group) is 1. The number of nitro groups is 1. The third-order valence-corrected chi connectivity index (χ3v) is 2.25. The van der Waals surface area contributed by atoms with Gasteiger partial charge in [0.2, 0.25) is 0 Å². The summed E-state index contributed by atoms with van der Waals surface area (Å²) in [5.41, 5.74) is -0.149. The van der Waals surface area contributed by atoms with Crippen LogP contribution in [0.5, 0.6) is 5.75 Å². The fourth-order valence-corrected chi connectivity index (χ4v) is 1.50. The number of nitrogens with zero attached hydrogens (tertiary/aromatic N) is 3. The molecule has 2 rings (SSSR count). The van der Waals surface area contributed by atoms with E-state index in [-0.39, 0.29) is 24.0 Å². The van der Waals surface area contributed by atoms with E-state index in [1.54, 1.807) is 6.92 Å². The van der Waals surface area contributed by atoms with Crippen molar-refractivity contribution >= 4 is 17.4 Å². The molecule has 16 heavy (non-hydrogen) atoms. The largest absolute Gasteiger partial charge is 0.480 e. The average molecular weight is 223 g/mol. The summed E-state index contributed by atoms with van der Waals surface area (Å²) in [6.07, 6.45) is 1.11. The second-order valence-electron chi connectivity index (χ2n) is 3.20. The Bertz CT molecular complexity index is 460.